The van der Waals surface area contributed by atoms with Gasteiger partial charge in [0.15, 0.2) is 5.82 Å². The predicted octanol–water partition coefficient (Wildman–Crippen LogP) is -0.976. The van der Waals surface area contributed by atoms with Gasteiger partial charge < -0.3 is 15.2 Å². The van der Waals surface area contributed by atoms with Crippen molar-refractivity contribution in [1.29, 1.82) is 0 Å². The van der Waals surface area contributed by atoms with Crippen molar-refractivity contribution in [3.05, 3.63) is 6.20 Å². The largest absolute Gasteiger partial charge is 0.480 e. The van der Waals surface area contributed by atoms with Crippen LogP contribution in [0.1, 0.15) is 6.42 Å². The molecule has 110 valence electrons. The Morgan fingerprint density at radius 2 is 2.15 bits per heavy atom. The molecule has 1 aliphatic rings. The lowest BCUT2D eigenvalue weighted by molar-refractivity contribution is -0.137. The van der Waals surface area contributed by atoms with Gasteiger partial charge in [0.05, 0.1) is 19.4 Å². The van der Waals surface area contributed by atoms with Crippen molar-refractivity contribution in [1.82, 2.24) is 19.9 Å². The molecule has 0 radical (unpaired) electrons. The van der Waals surface area contributed by atoms with E-state index in [1.165, 1.54) is 6.20 Å². The lowest BCUT2D eigenvalue weighted by Crippen LogP contribution is -2.38. The summed E-state index contributed by atoms with van der Waals surface area (Å²) in [7, 11) is 0. The highest BCUT2D eigenvalue weighted by Gasteiger charge is 2.13. The number of nitrogens with one attached hydrogen (secondary N) is 1. The standard InChI is InChI=1S/C11H17N5O4/c17-10(1-2-15-3-5-20-6-4-15)12-9-7-16(14-13-9)8-11(18)19/h7H,1-6,8H2,(H,12,17)(H,18,19). The first-order valence-electron chi connectivity index (χ1n) is 6.35. The van der Waals surface area contributed by atoms with Crippen LogP contribution in [0.15, 0.2) is 6.20 Å². The summed E-state index contributed by atoms with van der Waals surface area (Å²) in [4.78, 5) is 24.4. The average Bonchev–Trinajstić information content (AvgIpc) is 2.84. The molecular weight excluding hydrogens is 266 g/mol. The summed E-state index contributed by atoms with van der Waals surface area (Å²) in [6.45, 7) is 3.45. The maximum atomic E-state index is 11.7. The number of ether oxygens (including phenoxy) is 1. The lowest BCUT2D eigenvalue weighted by atomic mass is 10.3. The topological polar surface area (TPSA) is 110 Å². The number of rotatable bonds is 6. The van der Waals surface area contributed by atoms with Gasteiger partial charge in [0.1, 0.15) is 6.54 Å². The molecule has 1 fully saturated rings. The molecule has 0 spiro atoms. The number of nitrogens with zero attached hydrogens (tertiary/aromatic N) is 4. The number of carboxylic acids is 1. The van der Waals surface area contributed by atoms with E-state index in [9.17, 15) is 9.59 Å². The third-order valence-electron chi connectivity index (χ3n) is 2.86. The zero-order valence-corrected chi connectivity index (χ0v) is 11.0. The van der Waals surface area contributed by atoms with E-state index in [0.29, 0.717) is 26.2 Å². The molecule has 0 bridgehead atoms. The molecule has 2 N–H and O–H groups in total. The third kappa shape index (κ3) is 4.59. The van der Waals surface area contributed by atoms with Gasteiger partial charge in [-0.25, -0.2) is 4.68 Å². The zero-order valence-electron chi connectivity index (χ0n) is 11.0. The molecule has 1 aromatic heterocycles. The van der Waals surface area contributed by atoms with Crippen LogP contribution < -0.4 is 5.32 Å². The summed E-state index contributed by atoms with van der Waals surface area (Å²) >= 11 is 0. The number of carboxylic acid groups (broad SMARTS) is 1. The van der Waals surface area contributed by atoms with Crippen molar-refractivity contribution in [2.24, 2.45) is 0 Å². The van der Waals surface area contributed by atoms with Gasteiger partial charge in [-0.3, -0.25) is 14.5 Å². The SMILES string of the molecule is O=C(O)Cn1cc(NC(=O)CCN2CCOCC2)nn1. The van der Waals surface area contributed by atoms with Crippen molar-refractivity contribution < 1.29 is 19.4 Å². The van der Waals surface area contributed by atoms with E-state index in [-0.39, 0.29) is 18.3 Å². The molecule has 2 rings (SSSR count). The number of hydrogen-bond acceptors (Lipinski definition) is 6. The molecule has 2 heterocycles. The van der Waals surface area contributed by atoms with E-state index in [0.717, 1.165) is 17.8 Å². The summed E-state index contributed by atoms with van der Waals surface area (Å²) in [5, 5.41) is 18.5. The molecule has 20 heavy (non-hydrogen) atoms. The highest BCUT2D eigenvalue weighted by atomic mass is 16.5. The van der Waals surface area contributed by atoms with Gasteiger partial charge in [0, 0.05) is 26.1 Å². The van der Waals surface area contributed by atoms with Crippen LogP contribution in [0.2, 0.25) is 0 Å². The average molecular weight is 283 g/mol. The molecule has 1 aliphatic heterocycles. The molecule has 0 atom stereocenters. The fourth-order valence-corrected chi connectivity index (χ4v) is 1.86. The fraction of sp³-hybridized carbons (Fsp3) is 0.636. The Hall–Kier alpha value is -2.00. The second-order valence-corrected chi connectivity index (χ2v) is 4.45. The molecule has 1 aromatic rings. The maximum absolute atomic E-state index is 11.7. The van der Waals surface area contributed by atoms with Crippen LogP contribution in [0.4, 0.5) is 5.82 Å². The number of carbonyl (C=O) groups is 2. The van der Waals surface area contributed by atoms with Crippen LogP contribution in [0.3, 0.4) is 0 Å². The minimum atomic E-state index is -1.01. The van der Waals surface area contributed by atoms with E-state index in [1.807, 2.05) is 0 Å². The van der Waals surface area contributed by atoms with Crippen LogP contribution in [0.25, 0.3) is 0 Å². The molecule has 1 saturated heterocycles. The Morgan fingerprint density at radius 1 is 1.40 bits per heavy atom. The smallest absolute Gasteiger partial charge is 0.325 e. The number of hydrogen-bond donors (Lipinski definition) is 2. The van der Waals surface area contributed by atoms with E-state index < -0.39 is 5.97 Å². The fourth-order valence-electron chi connectivity index (χ4n) is 1.86. The minimum absolute atomic E-state index is 0.168. The third-order valence-corrected chi connectivity index (χ3v) is 2.86. The van der Waals surface area contributed by atoms with E-state index in [2.05, 4.69) is 20.5 Å². The van der Waals surface area contributed by atoms with Gasteiger partial charge in [0.25, 0.3) is 0 Å². The van der Waals surface area contributed by atoms with Gasteiger partial charge in [0.2, 0.25) is 5.91 Å². The normalized spacial score (nSPS) is 16.0. The van der Waals surface area contributed by atoms with Gasteiger partial charge >= 0.3 is 5.97 Å². The molecule has 0 saturated carbocycles. The van der Waals surface area contributed by atoms with Crippen LogP contribution in [0, 0.1) is 0 Å². The van der Waals surface area contributed by atoms with Gasteiger partial charge in [-0.05, 0) is 0 Å². The molecule has 0 unspecified atom stereocenters. The number of morpholine rings is 1. The Morgan fingerprint density at radius 3 is 2.85 bits per heavy atom. The van der Waals surface area contributed by atoms with Gasteiger partial charge in [-0.15, -0.1) is 5.10 Å². The van der Waals surface area contributed by atoms with Crippen LogP contribution in [-0.4, -0.2) is 69.7 Å². The van der Waals surface area contributed by atoms with Crippen LogP contribution >= 0.6 is 0 Å². The van der Waals surface area contributed by atoms with Crippen LogP contribution in [-0.2, 0) is 20.9 Å². The quantitative estimate of drug-likeness (QED) is 0.690. The lowest BCUT2D eigenvalue weighted by Gasteiger charge is -2.26. The van der Waals surface area contributed by atoms with Crippen molar-refractivity contribution in [3.63, 3.8) is 0 Å². The van der Waals surface area contributed by atoms with E-state index in [1.54, 1.807) is 0 Å². The molecule has 0 aliphatic carbocycles. The maximum Gasteiger partial charge on any atom is 0.325 e. The Kier molecular flexibility index (Phi) is 5.02. The van der Waals surface area contributed by atoms with E-state index >= 15 is 0 Å². The van der Waals surface area contributed by atoms with Crippen molar-refractivity contribution in [2.45, 2.75) is 13.0 Å². The summed E-state index contributed by atoms with van der Waals surface area (Å²) < 4.78 is 6.38. The summed E-state index contributed by atoms with van der Waals surface area (Å²) in [5.41, 5.74) is 0. The molecule has 1 amide bonds. The number of anilines is 1. The van der Waals surface area contributed by atoms with Crippen molar-refractivity contribution in [3.8, 4) is 0 Å². The molecule has 9 nitrogen and oxygen atoms in total. The van der Waals surface area contributed by atoms with Crippen molar-refractivity contribution >= 4 is 17.7 Å². The minimum Gasteiger partial charge on any atom is -0.480 e. The van der Waals surface area contributed by atoms with Gasteiger partial charge in [-0.2, -0.15) is 0 Å². The highest BCUT2D eigenvalue weighted by molar-refractivity contribution is 5.89. The number of aromatic nitrogens is 3. The first-order chi connectivity index (χ1) is 9.63. The first kappa shape index (κ1) is 14.4. The second-order valence-electron chi connectivity index (χ2n) is 4.45. The van der Waals surface area contributed by atoms with E-state index in [4.69, 9.17) is 9.84 Å². The molecule has 0 aromatic carbocycles. The highest BCUT2D eigenvalue weighted by Crippen LogP contribution is 2.03. The summed E-state index contributed by atoms with van der Waals surface area (Å²) in [6, 6.07) is 0. The van der Waals surface area contributed by atoms with Crippen molar-refractivity contribution in [2.75, 3.05) is 38.2 Å². The predicted molar refractivity (Wildman–Crippen MR) is 68.2 cm³/mol. The zero-order chi connectivity index (χ0) is 14.4. The van der Waals surface area contributed by atoms with Crippen LogP contribution in [0.5, 0.6) is 0 Å². The number of carbonyl (C=O) groups excluding carboxylic acids is 1. The molecule has 9 heteroatoms. The first-order valence-corrected chi connectivity index (χ1v) is 6.35. The monoisotopic (exact) mass is 283 g/mol. The molecular formula is C11H17N5O4. The Balaban J connectivity index is 1.73. The van der Waals surface area contributed by atoms with Gasteiger partial charge in [-0.1, -0.05) is 5.21 Å². The summed E-state index contributed by atoms with van der Waals surface area (Å²) in [6.07, 6.45) is 1.74. The number of amides is 1. The second kappa shape index (κ2) is 6.96. The Labute approximate surface area is 115 Å². The Bertz CT molecular complexity index is 469. The summed E-state index contributed by atoms with van der Waals surface area (Å²) in [5.74, 6) is -0.919. The number of aliphatic carboxylic acids is 1.